The monoisotopic (exact) mass is 278 g/mol. The summed E-state index contributed by atoms with van der Waals surface area (Å²) in [6, 6.07) is 8.26. The van der Waals surface area contributed by atoms with E-state index >= 15 is 0 Å². The van der Waals surface area contributed by atoms with Gasteiger partial charge in [-0.25, -0.2) is 4.98 Å². The van der Waals surface area contributed by atoms with Crippen molar-refractivity contribution in [2.24, 2.45) is 0 Å². The maximum Gasteiger partial charge on any atom is 0.186 e. The lowest BCUT2D eigenvalue weighted by atomic mass is 10.2. The summed E-state index contributed by atoms with van der Waals surface area (Å²) in [6.45, 7) is 4.46. The number of anilines is 1. The summed E-state index contributed by atoms with van der Waals surface area (Å²) < 4.78 is 12.3. The molecule has 0 aliphatic carbocycles. The van der Waals surface area contributed by atoms with Gasteiger partial charge in [-0.3, -0.25) is 0 Å². The fraction of sp³-hybridized carbons (Fsp3) is 0.500. The fourth-order valence-corrected chi connectivity index (χ4v) is 3.46. The van der Waals surface area contributed by atoms with Crippen LogP contribution in [0.5, 0.6) is 0 Å². The minimum Gasteiger partial charge on any atom is -0.382 e. The van der Waals surface area contributed by atoms with Gasteiger partial charge in [0, 0.05) is 20.2 Å². The van der Waals surface area contributed by atoms with Gasteiger partial charge in [0.05, 0.1) is 29.0 Å². The van der Waals surface area contributed by atoms with Crippen molar-refractivity contribution in [2.75, 3.05) is 31.7 Å². The van der Waals surface area contributed by atoms with Gasteiger partial charge in [0.1, 0.15) is 0 Å². The zero-order chi connectivity index (χ0) is 13.2. The predicted octanol–water partition coefficient (Wildman–Crippen LogP) is 2.54. The normalized spacial score (nSPS) is 24.0. The number of hydrogen-bond acceptors (Lipinski definition) is 5. The third kappa shape index (κ3) is 2.73. The molecule has 0 spiro atoms. The fourth-order valence-electron chi connectivity index (χ4n) is 2.47. The molecule has 19 heavy (non-hydrogen) atoms. The van der Waals surface area contributed by atoms with Gasteiger partial charge in [-0.05, 0) is 19.1 Å². The SMILES string of the molecule is COCC1CN(c2nc3ccccc3s2)CC(C)O1. The van der Waals surface area contributed by atoms with Crippen LogP contribution in [0.15, 0.2) is 24.3 Å². The lowest BCUT2D eigenvalue weighted by Gasteiger charge is -2.36. The molecular weight excluding hydrogens is 260 g/mol. The molecule has 2 unspecified atom stereocenters. The highest BCUT2D eigenvalue weighted by Gasteiger charge is 2.27. The second-order valence-electron chi connectivity index (χ2n) is 4.89. The maximum absolute atomic E-state index is 5.86. The van der Waals surface area contributed by atoms with Crippen LogP contribution in [0.4, 0.5) is 5.13 Å². The standard InChI is InChI=1S/C14H18N2O2S/c1-10-7-16(8-11(18-10)9-17-2)14-15-12-5-3-4-6-13(12)19-14/h3-6,10-11H,7-9H2,1-2H3. The number of aromatic nitrogens is 1. The highest BCUT2D eigenvalue weighted by atomic mass is 32.1. The molecule has 2 aromatic rings. The molecule has 0 radical (unpaired) electrons. The maximum atomic E-state index is 5.86. The number of rotatable bonds is 3. The number of methoxy groups -OCH3 is 1. The van der Waals surface area contributed by atoms with Crippen molar-refractivity contribution in [1.82, 2.24) is 4.98 Å². The molecule has 1 aromatic heterocycles. The number of para-hydroxylation sites is 1. The summed E-state index contributed by atoms with van der Waals surface area (Å²) in [4.78, 5) is 7.02. The predicted molar refractivity (Wildman–Crippen MR) is 78.0 cm³/mol. The van der Waals surface area contributed by atoms with Crippen LogP contribution in [-0.2, 0) is 9.47 Å². The molecule has 2 heterocycles. The Morgan fingerprint density at radius 1 is 1.42 bits per heavy atom. The Morgan fingerprint density at radius 3 is 3.05 bits per heavy atom. The van der Waals surface area contributed by atoms with Crippen LogP contribution in [0.1, 0.15) is 6.92 Å². The molecule has 0 amide bonds. The van der Waals surface area contributed by atoms with Crippen molar-refractivity contribution in [3.05, 3.63) is 24.3 Å². The molecule has 5 heteroatoms. The summed E-state index contributed by atoms with van der Waals surface area (Å²) in [5, 5.41) is 1.08. The van der Waals surface area contributed by atoms with Crippen LogP contribution in [-0.4, -0.2) is 44.0 Å². The smallest absolute Gasteiger partial charge is 0.186 e. The van der Waals surface area contributed by atoms with E-state index in [-0.39, 0.29) is 12.2 Å². The summed E-state index contributed by atoms with van der Waals surface area (Å²) in [5.41, 5.74) is 1.07. The van der Waals surface area contributed by atoms with Gasteiger partial charge in [0.2, 0.25) is 0 Å². The minimum absolute atomic E-state index is 0.126. The number of fused-ring (bicyclic) bond motifs is 1. The summed E-state index contributed by atoms with van der Waals surface area (Å²) in [7, 11) is 1.71. The quantitative estimate of drug-likeness (QED) is 0.864. The van der Waals surface area contributed by atoms with E-state index in [0.717, 1.165) is 23.7 Å². The molecule has 3 rings (SSSR count). The van der Waals surface area contributed by atoms with Crippen LogP contribution in [0.2, 0.25) is 0 Å². The van der Waals surface area contributed by atoms with Crippen molar-refractivity contribution in [3.63, 3.8) is 0 Å². The highest BCUT2D eigenvalue weighted by molar-refractivity contribution is 7.22. The second kappa shape index (κ2) is 5.45. The van der Waals surface area contributed by atoms with Crippen LogP contribution in [0, 0.1) is 0 Å². The molecule has 0 saturated carbocycles. The lowest BCUT2D eigenvalue weighted by molar-refractivity contribution is -0.0510. The van der Waals surface area contributed by atoms with Gasteiger partial charge in [0.25, 0.3) is 0 Å². The number of nitrogens with zero attached hydrogens (tertiary/aromatic N) is 2. The van der Waals surface area contributed by atoms with Gasteiger partial charge in [-0.15, -0.1) is 0 Å². The van der Waals surface area contributed by atoms with E-state index in [0.29, 0.717) is 6.61 Å². The van der Waals surface area contributed by atoms with Gasteiger partial charge < -0.3 is 14.4 Å². The lowest BCUT2D eigenvalue weighted by Crippen LogP contribution is -2.48. The average molecular weight is 278 g/mol. The van der Waals surface area contributed by atoms with Gasteiger partial charge in [0.15, 0.2) is 5.13 Å². The van der Waals surface area contributed by atoms with Crippen molar-refractivity contribution in [1.29, 1.82) is 0 Å². The first-order chi connectivity index (χ1) is 9.26. The zero-order valence-electron chi connectivity index (χ0n) is 11.2. The molecule has 1 aliphatic rings. The van der Waals surface area contributed by atoms with Crippen LogP contribution >= 0.6 is 11.3 Å². The highest BCUT2D eigenvalue weighted by Crippen LogP contribution is 2.30. The van der Waals surface area contributed by atoms with E-state index in [9.17, 15) is 0 Å². The molecule has 1 saturated heterocycles. The van der Waals surface area contributed by atoms with E-state index in [1.165, 1.54) is 4.70 Å². The van der Waals surface area contributed by atoms with Crippen LogP contribution < -0.4 is 4.90 Å². The van der Waals surface area contributed by atoms with Gasteiger partial charge in [-0.2, -0.15) is 0 Å². The Morgan fingerprint density at radius 2 is 2.26 bits per heavy atom. The third-order valence-corrected chi connectivity index (χ3v) is 4.33. The third-order valence-electron chi connectivity index (χ3n) is 3.23. The van der Waals surface area contributed by atoms with Crippen molar-refractivity contribution in [3.8, 4) is 0 Å². The van der Waals surface area contributed by atoms with Gasteiger partial charge >= 0.3 is 0 Å². The number of benzene rings is 1. The van der Waals surface area contributed by atoms with Gasteiger partial charge in [-0.1, -0.05) is 23.5 Å². The second-order valence-corrected chi connectivity index (χ2v) is 5.90. The molecular formula is C14H18N2O2S. The summed E-state index contributed by atoms with van der Waals surface area (Å²) >= 11 is 1.74. The van der Waals surface area contributed by atoms with Crippen molar-refractivity contribution >= 4 is 26.7 Å². The largest absolute Gasteiger partial charge is 0.382 e. The average Bonchev–Trinajstić information content (AvgIpc) is 2.82. The molecule has 1 fully saturated rings. The summed E-state index contributed by atoms with van der Waals surface area (Å²) in [6.07, 6.45) is 0.335. The molecule has 1 aromatic carbocycles. The minimum atomic E-state index is 0.126. The first-order valence-electron chi connectivity index (χ1n) is 6.51. The number of ether oxygens (including phenoxy) is 2. The molecule has 2 atom stereocenters. The molecule has 0 bridgehead atoms. The Balaban J connectivity index is 1.83. The molecule has 0 N–H and O–H groups in total. The van der Waals surface area contributed by atoms with E-state index in [1.807, 2.05) is 6.07 Å². The summed E-state index contributed by atoms with van der Waals surface area (Å²) in [5.74, 6) is 0. The van der Waals surface area contributed by atoms with E-state index < -0.39 is 0 Å². The van der Waals surface area contributed by atoms with E-state index in [4.69, 9.17) is 14.5 Å². The van der Waals surface area contributed by atoms with E-state index in [1.54, 1.807) is 18.4 Å². The molecule has 1 aliphatic heterocycles. The Kier molecular flexibility index (Phi) is 3.68. The Labute approximate surface area is 117 Å². The number of thiazole rings is 1. The molecule has 102 valence electrons. The van der Waals surface area contributed by atoms with Crippen molar-refractivity contribution in [2.45, 2.75) is 19.1 Å². The zero-order valence-corrected chi connectivity index (χ0v) is 12.0. The Bertz CT molecular complexity index is 524. The first-order valence-corrected chi connectivity index (χ1v) is 7.33. The first kappa shape index (κ1) is 12.8. The number of morpholine rings is 1. The van der Waals surface area contributed by atoms with E-state index in [2.05, 4.69) is 30.0 Å². The Hall–Kier alpha value is -1.17. The topological polar surface area (TPSA) is 34.6 Å². The van der Waals surface area contributed by atoms with Crippen LogP contribution in [0.25, 0.3) is 10.2 Å². The molecule has 4 nitrogen and oxygen atoms in total. The van der Waals surface area contributed by atoms with Crippen LogP contribution in [0.3, 0.4) is 0 Å². The number of hydrogen-bond donors (Lipinski definition) is 0. The van der Waals surface area contributed by atoms with Crippen molar-refractivity contribution < 1.29 is 9.47 Å².